The summed E-state index contributed by atoms with van der Waals surface area (Å²) in [5.74, 6) is -0.390. The fourth-order valence-corrected chi connectivity index (χ4v) is 2.53. The first-order valence-electron chi connectivity index (χ1n) is 9.47. The number of anilines is 1. The average Bonchev–Trinajstić information content (AvgIpc) is 2.74. The van der Waals surface area contributed by atoms with Crippen molar-refractivity contribution >= 4 is 23.6 Å². The molecule has 0 aliphatic carbocycles. The van der Waals surface area contributed by atoms with E-state index in [4.69, 9.17) is 9.47 Å². The first-order chi connectivity index (χ1) is 14.7. The fourth-order valence-electron chi connectivity index (χ4n) is 2.53. The zero-order valence-electron chi connectivity index (χ0n) is 17.1. The van der Waals surface area contributed by atoms with E-state index in [9.17, 15) is 22.8 Å². The quantitative estimate of drug-likeness (QED) is 0.571. The van der Waals surface area contributed by atoms with Gasteiger partial charge < -0.3 is 20.1 Å². The highest BCUT2D eigenvalue weighted by atomic mass is 19.4. The van der Waals surface area contributed by atoms with Crippen LogP contribution in [0.3, 0.4) is 0 Å². The van der Waals surface area contributed by atoms with Crippen LogP contribution in [0.15, 0.2) is 48.5 Å². The third kappa shape index (κ3) is 7.69. The van der Waals surface area contributed by atoms with E-state index in [2.05, 4.69) is 5.32 Å². The molecule has 0 saturated heterocycles. The first kappa shape index (κ1) is 23.8. The van der Waals surface area contributed by atoms with E-state index in [0.29, 0.717) is 23.7 Å². The standard InChI is InChI=1S/C22H23F3N2O4/c1-3-12-31-18-10-8-15(13-19(18)30-2)9-11-20(28)27-17-7-5-4-6-16(17)21(29)26-14-22(23,24)25/h4-11,13H,3,12,14H2,1-2H3,(H,26,29)(H,27,28)/b11-9+. The number of carbonyl (C=O) groups is 2. The molecule has 2 aromatic carbocycles. The lowest BCUT2D eigenvalue weighted by Gasteiger charge is -2.12. The third-order valence-electron chi connectivity index (χ3n) is 3.96. The van der Waals surface area contributed by atoms with Gasteiger partial charge in [-0.15, -0.1) is 0 Å². The smallest absolute Gasteiger partial charge is 0.405 e. The van der Waals surface area contributed by atoms with Crippen molar-refractivity contribution < 1.29 is 32.2 Å². The van der Waals surface area contributed by atoms with Crippen LogP contribution in [0.1, 0.15) is 29.3 Å². The van der Waals surface area contributed by atoms with Crippen LogP contribution < -0.4 is 20.1 Å². The topological polar surface area (TPSA) is 76.7 Å². The molecule has 0 heterocycles. The van der Waals surface area contributed by atoms with E-state index in [-0.39, 0.29) is 11.3 Å². The lowest BCUT2D eigenvalue weighted by Crippen LogP contribution is -2.34. The molecule has 0 bridgehead atoms. The monoisotopic (exact) mass is 436 g/mol. The highest BCUT2D eigenvalue weighted by Gasteiger charge is 2.28. The number of halogens is 3. The number of para-hydroxylation sites is 1. The summed E-state index contributed by atoms with van der Waals surface area (Å²) in [5.41, 5.74) is 0.692. The SMILES string of the molecule is CCCOc1ccc(/C=C/C(=O)Nc2ccccc2C(=O)NCC(F)(F)F)cc1OC. The number of nitrogens with one attached hydrogen (secondary N) is 2. The molecule has 2 N–H and O–H groups in total. The highest BCUT2D eigenvalue weighted by molar-refractivity contribution is 6.07. The Morgan fingerprint density at radius 1 is 1.10 bits per heavy atom. The van der Waals surface area contributed by atoms with Crippen LogP contribution in [0.2, 0.25) is 0 Å². The number of amides is 2. The molecule has 9 heteroatoms. The van der Waals surface area contributed by atoms with Gasteiger partial charge in [0.2, 0.25) is 5.91 Å². The Balaban J connectivity index is 2.08. The molecule has 2 rings (SSSR count). The van der Waals surface area contributed by atoms with Crippen molar-refractivity contribution in [2.45, 2.75) is 19.5 Å². The molecule has 2 amide bonds. The minimum Gasteiger partial charge on any atom is -0.493 e. The number of carbonyl (C=O) groups excluding carboxylic acids is 2. The molecule has 0 spiro atoms. The van der Waals surface area contributed by atoms with Crippen molar-refractivity contribution in [3.63, 3.8) is 0 Å². The zero-order chi connectivity index (χ0) is 22.9. The lowest BCUT2D eigenvalue weighted by molar-refractivity contribution is -0.123. The maximum Gasteiger partial charge on any atom is 0.405 e. The molecular weight excluding hydrogens is 413 g/mol. The number of hydrogen-bond acceptors (Lipinski definition) is 4. The number of alkyl halides is 3. The molecule has 31 heavy (non-hydrogen) atoms. The number of hydrogen-bond donors (Lipinski definition) is 2. The van der Waals surface area contributed by atoms with Crippen LogP contribution in [0.5, 0.6) is 11.5 Å². The molecule has 0 saturated carbocycles. The van der Waals surface area contributed by atoms with Gasteiger partial charge >= 0.3 is 6.18 Å². The Morgan fingerprint density at radius 3 is 2.52 bits per heavy atom. The maximum atomic E-state index is 12.3. The van der Waals surface area contributed by atoms with Gasteiger partial charge in [-0.1, -0.05) is 25.1 Å². The van der Waals surface area contributed by atoms with Crippen LogP contribution >= 0.6 is 0 Å². The predicted molar refractivity (Wildman–Crippen MR) is 111 cm³/mol. The van der Waals surface area contributed by atoms with Gasteiger partial charge in [0, 0.05) is 6.08 Å². The summed E-state index contributed by atoms with van der Waals surface area (Å²) in [7, 11) is 1.51. The molecule has 2 aromatic rings. The van der Waals surface area contributed by atoms with Gasteiger partial charge in [0.15, 0.2) is 11.5 Å². The van der Waals surface area contributed by atoms with Crippen LogP contribution in [-0.2, 0) is 4.79 Å². The van der Waals surface area contributed by atoms with Crippen LogP contribution in [-0.4, -0.2) is 38.3 Å². The van der Waals surface area contributed by atoms with E-state index in [0.717, 1.165) is 6.42 Å². The van der Waals surface area contributed by atoms with Gasteiger partial charge in [0.1, 0.15) is 6.54 Å². The van der Waals surface area contributed by atoms with Crippen molar-refractivity contribution in [1.29, 1.82) is 0 Å². The Hall–Kier alpha value is -3.49. The third-order valence-corrected chi connectivity index (χ3v) is 3.96. The fraction of sp³-hybridized carbons (Fsp3) is 0.273. The summed E-state index contributed by atoms with van der Waals surface area (Å²) in [6.45, 7) is 1.07. The number of rotatable bonds is 9. The molecule has 0 fully saturated rings. The minimum absolute atomic E-state index is 0.0763. The van der Waals surface area contributed by atoms with Crippen molar-refractivity contribution in [3.8, 4) is 11.5 Å². The van der Waals surface area contributed by atoms with Crippen LogP contribution in [0, 0.1) is 0 Å². The van der Waals surface area contributed by atoms with Crippen LogP contribution in [0.4, 0.5) is 18.9 Å². The van der Waals surface area contributed by atoms with Gasteiger partial charge in [-0.2, -0.15) is 13.2 Å². The molecule has 166 valence electrons. The van der Waals surface area contributed by atoms with Gasteiger partial charge in [-0.05, 0) is 42.3 Å². The number of ether oxygens (including phenoxy) is 2. The molecule has 6 nitrogen and oxygen atoms in total. The Kier molecular flexibility index (Phi) is 8.48. The van der Waals surface area contributed by atoms with Crippen molar-refractivity contribution in [3.05, 3.63) is 59.7 Å². The molecule has 0 unspecified atom stereocenters. The van der Waals surface area contributed by atoms with E-state index in [1.54, 1.807) is 29.6 Å². The van der Waals surface area contributed by atoms with E-state index in [1.807, 2.05) is 6.92 Å². The summed E-state index contributed by atoms with van der Waals surface area (Å²) >= 11 is 0. The van der Waals surface area contributed by atoms with Gasteiger partial charge in [-0.3, -0.25) is 9.59 Å². The lowest BCUT2D eigenvalue weighted by atomic mass is 10.1. The zero-order valence-corrected chi connectivity index (χ0v) is 17.1. The van der Waals surface area contributed by atoms with Crippen molar-refractivity contribution in [2.24, 2.45) is 0 Å². The molecule has 0 atom stereocenters. The second kappa shape index (κ2) is 11.1. The number of benzene rings is 2. The Bertz CT molecular complexity index is 943. The largest absolute Gasteiger partial charge is 0.493 e. The molecule has 0 aliphatic heterocycles. The van der Waals surface area contributed by atoms with Crippen molar-refractivity contribution in [2.75, 3.05) is 25.6 Å². The highest BCUT2D eigenvalue weighted by Crippen LogP contribution is 2.28. The summed E-state index contributed by atoms with van der Waals surface area (Å²) in [6, 6.07) is 11.0. The molecular formula is C22H23F3N2O4. The van der Waals surface area contributed by atoms with Crippen LogP contribution in [0.25, 0.3) is 6.08 Å². The van der Waals surface area contributed by atoms with E-state index in [1.165, 1.54) is 37.5 Å². The molecule has 0 aliphatic rings. The van der Waals surface area contributed by atoms with Crippen molar-refractivity contribution in [1.82, 2.24) is 5.32 Å². The van der Waals surface area contributed by atoms with Gasteiger partial charge in [0.25, 0.3) is 5.91 Å². The summed E-state index contributed by atoms with van der Waals surface area (Å²) in [5, 5.41) is 4.29. The average molecular weight is 436 g/mol. The Labute approximate surface area is 178 Å². The van der Waals surface area contributed by atoms with Gasteiger partial charge in [-0.25, -0.2) is 0 Å². The predicted octanol–water partition coefficient (Wildman–Crippen LogP) is 4.43. The maximum absolute atomic E-state index is 12.3. The van der Waals surface area contributed by atoms with Gasteiger partial charge in [0.05, 0.1) is 25.0 Å². The van der Waals surface area contributed by atoms with E-state index >= 15 is 0 Å². The Morgan fingerprint density at radius 2 is 1.84 bits per heavy atom. The normalized spacial score (nSPS) is 11.3. The summed E-state index contributed by atoms with van der Waals surface area (Å²) in [4.78, 5) is 24.3. The summed E-state index contributed by atoms with van der Waals surface area (Å²) < 4.78 is 47.9. The second-order valence-corrected chi connectivity index (χ2v) is 6.42. The first-order valence-corrected chi connectivity index (χ1v) is 9.47. The summed E-state index contributed by atoms with van der Waals surface area (Å²) in [6.07, 6.45) is -0.908. The number of methoxy groups -OCH3 is 1. The minimum atomic E-state index is -4.53. The second-order valence-electron chi connectivity index (χ2n) is 6.42. The molecule has 0 aromatic heterocycles. The van der Waals surface area contributed by atoms with E-state index < -0.39 is 24.5 Å². The molecule has 0 radical (unpaired) electrons.